The molecule has 0 unspecified atom stereocenters. The van der Waals surface area contributed by atoms with Crippen molar-refractivity contribution in [2.24, 2.45) is 0 Å². The Labute approximate surface area is 147 Å². The summed E-state index contributed by atoms with van der Waals surface area (Å²) in [6.07, 6.45) is 0. The molecule has 6 nitrogen and oxygen atoms in total. The number of rotatable bonds is 3. The summed E-state index contributed by atoms with van der Waals surface area (Å²) in [6, 6.07) is 14.4. The number of amides is 2. The second-order valence-corrected chi connectivity index (χ2v) is 6.26. The molecule has 124 valence electrons. The lowest BCUT2D eigenvalue weighted by Crippen LogP contribution is -2.25. The van der Waals surface area contributed by atoms with E-state index in [-0.39, 0.29) is 18.4 Å². The first-order valence-corrected chi connectivity index (χ1v) is 8.46. The second-order valence-electron chi connectivity index (χ2n) is 5.41. The molecule has 3 aromatic rings. The number of aromatic nitrogens is 1. The van der Waals surface area contributed by atoms with E-state index >= 15 is 0 Å². The van der Waals surface area contributed by atoms with Crippen LogP contribution in [-0.4, -0.2) is 23.4 Å². The van der Waals surface area contributed by atoms with Crippen LogP contribution in [0.4, 0.5) is 10.8 Å². The molecule has 0 spiro atoms. The first-order valence-electron chi connectivity index (χ1n) is 7.58. The number of nitrogens with one attached hydrogen (secondary N) is 2. The zero-order valence-electron chi connectivity index (χ0n) is 13.0. The van der Waals surface area contributed by atoms with Gasteiger partial charge in [0.15, 0.2) is 11.7 Å². The topological polar surface area (TPSA) is 80.3 Å². The number of hydrogen-bond acceptors (Lipinski definition) is 5. The predicted molar refractivity (Wildman–Crippen MR) is 96.1 cm³/mol. The highest BCUT2D eigenvalue weighted by atomic mass is 32.1. The smallest absolute Gasteiger partial charge is 0.262 e. The van der Waals surface area contributed by atoms with E-state index in [9.17, 15) is 9.59 Å². The fraction of sp³-hybridized carbons (Fsp3) is 0.0556. The van der Waals surface area contributed by atoms with Gasteiger partial charge in [-0.15, -0.1) is 11.3 Å². The van der Waals surface area contributed by atoms with E-state index in [1.54, 1.807) is 18.2 Å². The SMILES string of the molecule is O=C1COc2ccc(-c3csc(NC(=O)c4ccccc4)n3)cc2N1. The zero-order chi connectivity index (χ0) is 17.2. The number of carbonyl (C=O) groups excluding carboxylic acids is 2. The van der Waals surface area contributed by atoms with Gasteiger partial charge in [0.05, 0.1) is 11.4 Å². The van der Waals surface area contributed by atoms with Crippen molar-refractivity contribution < 1.29 is 14.3 Å². The van der Waals surface area contributed by atoms with Gasteiger partial charge in [-0.05, 0) is 30.3 Å². The third kappa shape index (κ3) is 3.22. The van der Waals surface area contributed by atoms with Crippen LogP contribution < -0.4 is 15.4 Å². The molecule has 1 aromatic heterocycles. The van der Waals surface area contributed by atoms with Crippen LogP contribution in [0.3, 0.4) is 0 Å². The van der Waals surface area contributed by atoms with Crippen LogP contribution in [0.1, 0.15) is 10.4 Å². The van der Waals surface area contributed by atoms with Gasteiger partial charge in [-0.25, -0.2) is 4.98 Å². The van der Waals surface area contributed by atoms with Gasteiger partial charge < -0.3 is 10.1 Å². The van der Waals surface area contributed by atoms with Crippen molar-refractivity contribution in [2.75, 3.05) is 17.2 Å². The molecule has 0 saturated heterocycles. The number of benzene rings is 2. The van der Waals surface area contributed by atoms with Crippen molar-refractivity contribution in [1.82, 2.24) is 4.98 Å². The first-order chi connectivity index (χ1) is 12.2. The number of hydrogen-bond donors (Lipinski definition) is 2. The summed E-state index contributed by atoms with van der Waals surface area (Å²) in [4.78, 5) is 28.1. The molecule has 0 aliphatic carbocycles. The molecular formula is C18H13N3O3S. The summed E-state index contributed by atoms with van der Waals surface area (Å²) in [6.45, 7) is 0.0265. The Kier molecular flexibility index (Phi) is 3.91. The summed E-state index contributed by atoms with van der Waals surface area (Å²) in [5.41, 5.74) is 2.75. The van der Waals surface area contributed by atoms with Crippen LogP contribution in [0.25, 0.3) is 11.3 Å². The lowest BCUT2D eigenvalue weighted by atomic mass is 10.1. The van der Waals surface area contributed by atoms with Gasteiger partial charge >= 0.3 is 0 Å². The maximum absolute atomic E-state index is 12.2. The molecule has 0 atom stereocenters. The van der Waals surface area contributed by atoms with Crippen LogP contribution in [0.15, 0.2) is 53.9 Å². The molecular weight excluding hydrogens is 338 g/mol. The maximum atomic E-state index is 12.2. The van der Waals surface area contributed by atoms with Crippen molar-refractivity contribution in [3.8, 4) is 17.0 Å². The zero-order valence-corrected chi connectivity index (χ0v) is 13.8. The Morgan fingerprint density at radius 2 is 2.04 bits per heavy atom. The number of anilines is 2. The van der Waals surface area contributed by atoms with Gasteiger partial charge in [0, 0.05) is 16.5 Å². The molecule has 0 radical (unpaired) electrons. The van der Waals surface area contributed by atoms with Crippen molar-refractivity contribution in [2.45, 2.75) is 0 Å². The van der Waals surface area contributed by atoms with Gasteiger partial charge in [0.2, 0.25) is 0 Å². The van der Waals surface area contributed by atoms with Crippen LogP contribution in [0.2, 0.25) is 0 Å². The largest absolute Gasteiger partial charge is 0.482 e. The standard InChI is InChI=1S/C18H13N3O3S/c22-16-9-24-15-7-6-12(8-13(15)19-16)14-10-25-18(20-14)21-17(23)11-4-2-1-3-5-11/h1-8,10H,9H2,(H,19,22)(H,20,21,23). The molecule has 7 heteroatoms. The number of ether oxygens (including phenoxy) is 1. The van der Waals surface area contributed by atoms with Gasteiger partial charge in [0.1, 0.15) is 5.75 Å². The Morgan fingerprint density at radius 1 is 1.20 bits per heavy atom. The van der Waals surface area contributed by atoms with Crippen molar-refractivity contribution >= 4 is 34.0 Å². The van der Waals surface area contributed by atoms with E-state index in [1.807, 2.05) is 35.7 Å². The first kappa shape index (κ1) is 15.3. The average Bonchev–Trinajstić information content (AvgIpc) is 3.10. The lowest BCUT2D eigenvalue weighted by molar-refractivity contribution is -0.118. The third-order valence-corrected chi connectivity index (χ3v) is 4.43. The van der Waals surface area contributed by atoms with Gasteiger partial charge in [-0.3, -0.25) is 14.9 Å². The highest BCUT2D eigenvalue weighted by Crippen LogP contribution is 2.33. The molecule has 4 rings (SSSR count). The Balaban J connectivity index is 1.54. The second kappa shape index (κ2) is 6.37. The summed E-state index contributed by atoms with van der Waals surface area (Å²) in [5, 5.41) is 7.93. The summed E-state index contributed by atoms with van der Waals surface area (Å²) in [7, 11) is 0. The normalized spacial score (nSPS) is 12.7. The minimum Gasteiger partial charge on any atom is -0.482 e. The Morgan fingerprint density at radius 3 is 2.88 bits per heavy atom. The molecule has 25 heavy (non-hydrogen) atoms. The molecule has 0 bridgehead atoms. The predicted octanol–water partition coefficient (Wildman–Crippen LogP) is 3.39. The highest BCUT2D eigenvalue weighted by molar-refractivity contribution is 7.14. The van der Waals surface area contributed by atoms with Gasteiger partial charge in [0.25, 0.3) is 11.8 Å². The van der Waals surface area contributed by atoms with Crippen molar-refractivity contribution in [3.05, 3.63) is 59.5 Å². The van der Waals surface area contributed by atoms with E-state index in [0.29, 0.717) is 22.1 Å². The molecule has 1 aliphatic heterocycles. The van der Waals surface area contributed by atoms with Crippen LogP contribution >= 0.6 is 11.3 Å². The van der Waals surface area contributed by atoms with Crippen LogP contribution in [0, 0.1) is 0 Å². The number of carbonyl (C=O) groups is 2. The molecule has 1 aliphatic rings. The summed E-state index contributed by atoms with van der Waals surface area (Å²) >= 11 is 1.34. The molecule has 0 saturated carbocycles. The van der Waals surface area contributed by atoms with E-state index < -0.39 is 0 Å². The number of nitrogens with zero attached hydrogens (tertiary/aromatic N) is 1. The van der Waals surface area contributed by atoms with Crippen molar-refractivity contribution in [3.63, 3.8) is 0 Å². The number of fused-ring (bicyclic) bond motifs is 1. The summed E-state index contributed by atoms with van der Waals surface area (Å²) < 4.78 is 5.35. The van der Waals surface area contributed by atoms with Crippen LogP contribution in [-0.2, 0) is 4.79 Å². The van der Waals surface area contributed by atoms with Crippen molar-refractivity contribution in [1.29, 1.82) is 0 Å². The van der Waals surface area contributed by atoms with E-state index in [2.05, 4.69) is 15.6 Å². The molecule has 2 N–H and O–H groups in total. The average molecular weight is 351 g/mol. The Hall–Kier alpha value is -3.19. The molecule has 2 aromatic carbocycles. The van der Waals surface area contributed by atoms with Gasteiger partial charge in [-0.2, -0.15) is 0 Å². The maximum Gasteiger partial charge on any atom is 0.262 e. The molecule has 2 heterocycles. The van der Waals surface area contributed by atoms with E-state index in [1.165, 1.54) is 11.3 Å². The minimum atomic E-state index is -0.201. The van der Waals surface area contributed by atoms with Crippen LogP contribution in [0.5, 0.6) is 5.75 Å². The Bertz CT molecular complexity index is 953. The lowest BCUT2D eigenvalue weighted by Gasteiger charge is -2.18. The van der Waals surface area contributed by atoms with E-state index in [0.717, 1.165) is 11.3 Å². The van der Waals surface area contributed by atoms with E-state index in [4.69, 9.17) is 4.74 Å². The summed E-state index contributed by atoms with van der Waals surface area (Å²) in [5.74, 6) is 0.252. The number of thiazole rings is 1. The fourth-order valence-electron chi connectivity index (χ4n) is 2.47. The monoisotopic (exact) mass is 351 g/mol. The fourth-order valence-corrected chi connectivity index (χ4v) is 3.18. The quantitative estimate of drug-likeness (QED) is 0.758. The third-order valence-electron chi connectivity index (χ3n) is 3.67. The van der Waals surface area contributed by atoms with Gasteiger partial charge in [-0.1, -0.05) is 18.2 Å². The molecule has 0 fully saturated rings. The highest BCUT2D eigenvalue weighted by Gasteiger charge is 2.17. The minimum absolute atomic E-state index is 0.0265. The molecule has 2 amide bonds.